The Bertz CT molecular complexity index is 13.5. The molecule has 0 radical (unpaired) electrons. The molecule has 0 N–H and O–H groups in total. The van der Waals surface area contributed by atoms with Gasteiger partial charge in [0.05, 0.1) is 0 Å². The van der Waals surface area contributed by atoms with E-state index in [9.17, 15) is 0 Å². The van der Waals surface area contributed by atoms with E-state index in [2.05, 4.69) is 0 Å². The van der Waals surface area contributed by atoms with E-state index >= 15 is 0 Å². The molecule has 0 aliphatic rings. The summed E-state index contributed by atoms with van der Waals surface area (Å²) in [4.78, 5) is 0. The van der Waals surface area contributed by atoms with Gasteiger partial charge in [-0.05, 0) is 11.0 Å². The van der Waals surface area contributed by atoms with Gasteiger partial charge in [-0.2, -0.15) is 9.90 Å². The Morgan fingerprint density at radius 1 is 1.25 bits per heavy atom. The van der Waals surface area contributed by atoms with Gasteiger partial charge in [0.15, 0.2) is 17.4 Å². The van der Waals surface area contributed by atoms with Gasteiger partial charge in [0, 0.05) is 0 Å². The zero-order chi connectivity index (χ0) is 0. The first-order valence-corrected chi connectivity index (χ1v) is 0. The summed E-state index contributed by atoms with van der Waals surface area (Å²) in [5.74, 6) is 0. The molecule has 0 heterocycles. The molecule has 0 saturated carbocycles. The summed E-state index contributed by atoms with van der Waals surface area (Å²) in [5, 5.41) is 0. The molecular formula is H12AlMgPSi. The quantitative estimate of drug-likeness (QED) is 0.242. The van der Waals surface area contributed by atoms with E-state index in [4.69, 9.17) is 0 Å². The van der Waals surface area contributed by atoms with Crippen LogP contribution in [0.2, 0.25) is 0 Å². The second-order valence-corrected chi connectivity index (χ2v) is 0. The number of hydrogen-bond donors (Lipinski definition) is 0. The van der Waals surface area contributed by atoms with Crippen molar-refractivity contribution >= 4 is 61.3 Å². The zero-order valence-corrected chi connectivity index (χ0v) is 4.24. The molecule has 4 heteroatoms. The van der Waals surface area contributed by atoms with Gasteiger partial charge in [-0.15, -0.1) is 0 Å². The van der Waals surface area contributed by atoms with E-state index in [0.29, 0.717) is 0 Å². The van der Waals surface area contributed by atoms with Crippen molar-refractivity contribution in [1.29, 1.82) is 0 Å². The Balaban J connectivity index is 0. The predicted octanol–water partition coefficient (Wildman–Crippen LogP) is -2.73. The SMILES string of the molecule is P.[AlH3].[H-].[H-].[Mg+2].[SiH4]. The van der Waals surface area contributed by atoms with E-state index in [-0.39, 0.29) is 64.1 Å². The minimum atomic E-state index is 0. The van der Waals surface area contributed by atoms with Gasteiger partial charge in [0.2, 0.25) is 0 Å². The van der Waals surface area contributed by atoms with Crippen LogP contribution < -0.4 is 0 Å². The van der Waals surface area contributed by atoms with Crippen molar-refractivity contribution in [1.82, 2.24) is 0 Å². The topological polar surface area (TPSA) is 0 Å². The summed E-state index contributed by atoms with van der Waals surface area (Å²) < 4.78 is 0. The normalized spacial score (nSPS) is 0. The van der Waals surface area contributed by atoms with Gasteiger partial charge < -0.3 is 2.85 Å². The fourth-order valence-corrected chi connectivity index (χ4v) is 0. The molecule has 0 aromatic rings. The second-order valence-electron chi connectivity index (χ2n) is 0. The zero-order valence-electron chi connectivity index (χ0n) is 3.41. The molecule has 0 saturated heterocycles. The van der Waals surface area contributed by atoms with Crippen LogP contribution >= 0.6 is 9.90 Å². The van der Waals surface area contributed by atoms with Gasteiger partial charge in [-0.1, -0.05) is 0 Å². The summed E-state index contributed by atoms with van der Waals surface area (Å²) in [7, 11) is 0. The summed E-state index contributed by atoms with van der Waals surface area (Å²) >= 11 is 0. The standard InChI is InChI=1S/Al.Mg.H3P.H4Si.5H/h;;1H3;1H4;;;;;/q;+2;;;;;;2*-1. The van der Waals surface area contributed by atoms with Crippen LogP contribution in [0.5, 0.6) is 0 Å². The first kappa shape index (κ1) is 38.4. The molecule has 0 nitrogen and oxygen atoms in total. The Labute approximate surface area is 64.0 Å². The number of rotatable bonds is 0. The van der Waals surface area contributed by atoms with Crippen LogP contribution in [0.15, 0.2) is 0 Å². The third-order valence-corrected chi connectivity index (χ3v) is 0. The smallest absolute Gasteiger partial charge is 1.00 e. The molecule has 0 bridgehead atoms. The Kier molecular flexibility index (Phi) is 195. The fraction of sp³-hybridized carbons (Fsp3) is 0. The van der Waals surface area contributed by atoms with Gasteiger partial charge in [0.25, 0.3) is 0 Å². The van der Waals surface area contributed by atoms with Crippen molar-refractivity contribution in [3.63, 3.8) is 0 Å². The molecule has 26 valence electrons. The van der Waals surface area contributed by atoms with E-state index in [0.717, 1.165) is 0 Å². The van der Waals surface area contributed by atoms with E-state index < -0.39 is 0 Å². The van der Waals surface area contributed by atoms with Crippen LogP contribution in [-0.2, 0) is 0 Å². The van der Waals surface area contributed by atoms with Crippen molar-refractivity contribution in [2.45, 2.75) is 0 Å². The monoisotopic (exact) mass is 122 g/mol. The van der Waals surface area contributed by atoms with E-state index in [1.54, 1.807) is 0 Å². The van der Waals surface area contributed by atoms with Crippen LogP contribution in [-0.4, -0.2) is 51.4 Å². The van der Waals surface area contributed by atoms with Gasteiger partial charge >= 0.3 is 23.1 Å². The maximum absolute atomic E-state index is 0. The molecule has 1 unspecified atom stereocenters. The minimum Gasteiger partial charge on any atom is -1.00 e. The molecule has 0 aliphatic carbocycles. The predicted molar refractivity (Wildman–Crippen MR) is 40.4 cm³/mol. The van der Waals surface area contributed by atoms with Crippen molar-refractivity contribution in [2.75, 3.05) is 0 Å². The Hall–Kier alpha value is 1.95. The van der Waals surface area contributed by atoms with Crippen molar-refractivity contribution in [2.24, 2.45) is 0 Å². The van der Waals surface area contributed by atoms with Crippen LogP contribution in [0.25, 0.3) is 0 Å². The van der Waals surface area contributed by atoms with Gasteiger partial charge in [0.1, 0.15) is 0 Å². The third kappa shape index (κ3) is 9.04. The molecule has 0 fully saturated rings. The molecule has 0 aromatic carbocycles. The first-order valence-electron chi connectivity index (χ1n) is 0. The van der Waals surface area contributed by atoms with Crippen LogP contribution in [0.3, 0.4) is 0 Å². The van der Waals surface area contributed by atoms with Crippen LogP contribution in [0.4, 0.5) is 0 Å². The molecule has 0 rings (SSSR count). The molecular weight excluding hydrogens is 110 g/mol. The maximum Gasteiger partial charge on any atom is 2.00 e. The molecule has 0 spiro atoms. The van der Waals surface area contributed by atoms with Crippen molar-refractivity contribution in [3.05, 3.63) is 0 Å². The summed E-state index contributed by atoms with van der Waals surface area (Å²) in [6.07, 6.45) is 0. The van der Waals surface area contributed by atoms with Gasteiger partial charge in [-0.3, -0.25) is 0 Å². The average Bonchev–Trinajstić information content (AvgIpc) is 0. The largest absolute Gasteiger partial charge is 2.00 e. The van der Waals surface area contributed by atoms with Crippen molar-refractivity contribution < 1.29 is 2.85 Å². The Morgan fingerprint density at radius 3 is 1.25 bits per heavy atom. The fourth-order valence-electron chi connectivity index (χ4n) is 0. The average molecular weight is 122 g/mol. The maximum atomic E-state index is 0. The summed E-state index contributed by atoms with van der Waals surface area (Å²) in [6.45, 7) is 0. The molecule has 0 aliphatic heterocycles. The minimum absolute atomic E-state index is 0. The summed E-state index contributed by atoms with van der Waals surface area (Å²) in [6, 6.07) is 0. The van der Waals surface area contributed by atoms with E-state index in [1.165, 1.54) is 0 Å². The molecule has 0 amide bonds. The number of hydrogen-bond acceptors (Lipinski definition) is 0. The van der Waals surface area contributed by atoms with E-state index in [1.807, 2.05) is 0 Å². The summed E-state index contributed by atoms with van der Waals surface area (Å²) in [5.41, 5.74) is 0. The second kappa shape index (κ2) is 20.3. The Morgan fingerprint density at radius 2 is 1.25 bits per heavy atom. The van der Waals surface area contributed by atoms with Crippen LogP contribution in [0, 0.1) is 0 Å². The molecule has 0 aromatic heterocycles. The first-order chi connectivity index (χ1) is 0. The molecule has 4 heavy (non-hydrogen) atoms. The van der Waals surface area contributed by atoms with Crippen molar-refractivity contribution in [3.8, 4) is 0 Å². The van der Waals surface area contributed by atoms with Crippen LogP contribution in [0.1, 0.15) is 2.85 Å². The molecule has 1 atom stereocenters. The van der Waals surface area contributed by atoms with Gasteiger partial charge in [-0.25, -0.2) is 0 Å². The third-order valence-electron chi connectivity index (χ3n) is 0.